The van der Waals surface area contributed by atoms with Gasteiger partial charge in [-0.1, -0.05) is 18.2 Å². The van der Waals surface area contributed by atoms with Crippen LogP contribution in [0.2, 0.25) is 0 Å². The van der Waals surface area contributed by atoms with Crippen LogP contribution in [0.5, 0.6) is 0 Å². The van der Waals surface area contributed by atoms with Crippen molar-refractivity contribution in [1.82, 2.24) is 4.57 Å². The van der Waals surface area contributed by atoms with Crippen LogP contribution in [-0.4, -0.2) is 15.6 Å². The molecule has 1 amide bonds. The van der Waals surface area contributed by atoms with E-state index in [1.165, 1.54) is 10.6 Å². The third-order valence-electron chi connectivity index (χ3n) is 2.95. The Morgan fingerprint density at radius 2 is 2.05 bits per heavy atom. The van der Waals surface area contributed by atoms with Crippen molar-refractivity contribution in [3.8, 4) is 0 Å². The van der Waals surface area contributed by atoms with Crippen LogP contribution in [0.25, 0.3) is 0 Å². The number of amides is 1. The molecule has 2 rings (SSSR count). The Morgan fingerprint density at radius 1 is 1.33 bits per heavy atom. The smallest absolute Gasteiger partial charge is 0.251 e. The number of pyridine rings is 1. The van der Waals surface area contributed by atoms with Gasteiger partial charge in [0.2, 0.25) is 5.91 Å². The summed E-state index contributed by atoms with van der Waals surface area (Å²) in [5.74, 6) is -0.330. The summed E-state index contributed by atoms with van der Waals surface area (Å²) >= 11 is 3.26. The van der Waals surface area contributed by atoms with E-state index >= 15 is 0 Å². The third-order valence-corrected chi connectivity index (χ3v) is 3.42. The predicted octanol–water partition coefficient (Wildman–Crippen LogP) is 2.30. The number of rotatable bonds is 4. The van der Waals surface area contributed by atoms with E-state index in [1.807, 2.05) is 0 Å². The highest BCUT2D eigenvalue weighted by Gasteiger charge is 2.11. The number of aliphatic hydroxyl groups excluding tert-OH is 1. The van der Waals surface area contributed by atoms with E-state index in [-0.39, 0.29) is 18.0 Å². The fraction of sp³-hybridized carbons (Fsp3) is 0.200. The molecule has 0 bridgehead atoms. The minimum atomic E-state index is -0.685. The Labute approximate surface area is 130 Å². The number of hydrogen-bond acceptors (Lipinski definition) is 3. The molecular formula is C15H15BrN2O3. The van der Waals surface area contributed by atoms with Gasteiger partial charge in [0.1, 0.15) is 6.54 Å². The molecule has 1 atom stereocenters. The van der Waals surface area contributed by atoms with Gasteiger partial charge in [0.05, 0.1) is 6.10 Å². The third kappa shape index (κ3) is 4.03. The van der Waals surface area contributed by atoms with E-state index < -0.39 is 6.10 Å². The summed E-state index contributed by atoms with van der Waals surface area (Å²) in [6.07, 6.45) is 0.873. The lowest BCUT2D eigenvalue weighted by Crippen LogP contribution is -2.27. The van der Waals surface area contributed by atoms with E-state index in [4.69, 9.17) is 0 Å². The molecule has 0 radical (unpaired) electrons. The zero-order valence-corrected chi connectivity index (χ0v) is 13.0. The van der Waals surface area contributed by atoms with Crippen molar-refractivity contribution in [2.24, 2.45) is 0 Å². The molecule has 1 aromatic heterocycles. The van der Waals surface area contributed by atoms with Gasteiger partial charge in [0.25, 0.3) is 5.56 Å². The zero-order chi connectivity index (χ0) is 15.4. The van der Waals surface area contributed by atoms with Gasteiger partial charge in [-0.3, -0.25) is 9.59 Å². The van der Waals surface area contributed by atoms with Crippen molar-refractivity contribution in [1.29, 1.82) is 0 Å². The number of halogens is 1. The van der Waals surface area contributed by atoms with Gasteiger partial charge in [-0.25, -0.2) is 0 Å². The molecule has 110 valence electrons. The largest absolute Gasteiger partial charge is 0.389 e. The van der Waals surface area contributed by atoms with Gasteiger partial charge in [-0.15, -0.1) is 0 Å². The van der Waals surface area contributed by atoms with E-state index in [9.17, 15) is 14.7 Å². The average Bonchev–Trinajstić information content (AvgIpc) is 2.43. The van der Waals surface area contributed by atoms with Crippen LogP contribution >= 0.6 is 15.9 Å². The molecule has 0 spiro atoms. The van der Waals surface area contributed by atoms with E-state index in [2.05, 4.69) is 21.2 Å². The number of hydrogen-bond donors (Lipinski definition) is 2. The number of aliphatic hydroxyl groups is 1. The maximum absolute atomic E-state index is 12.1. The highest BCUT2D eigenvalue weighted by atomic mass is 79.9. The molecule has 6 heteroatoms. The number of para-hydroxylation sites is 1. The second kappa shape index (κ2) is 6.69. The summed E-state index contributed by atoms with van der Waals surface area (Å²) in [6, 6.07) is 10.0. The summed E-state index contributed by atoms with van der Waals surface area (Å²) < 4.78 is 2.03. The van der Waals surface area contributed by atoms with Crippen LogP contribution in [-0.2, 0) is 11.3 Å². The fourth-order valence-electron chi connectivity index (χ4n) is 1.95. The first-order valence-corrected chi connectivity index (χ1v) is 7.19. The number of anilines is 1. The Hall–Kier alpha value is -1.92. The van der Waals surface area contributed by atoms with Gasteiger partial charge in [0, 0.05) is 28.0 Å². The lowest BCUT2D eigenvalue weighted by atomic mass is 10.1. The predicted molar refractivity (Wildman–Crippen MR) is 84.1 cm³/mol. The summed E-state index contributed by atoms with van der Waals surface area (Å²) in [6.45, 7) is 1.54. The molecule has 21 heavy (non-hydrogen) atoms. The van der Waals surface area contributed by atoms with Gasteiger partial charge < -0.3 is 15.0 Å². The summed E-state index contributed by atoms with van der Waals surface area (Å²) in [4.78, 5) is 23.7. The molecule has 1 unspecified atom stereocenters. The standard InChI is InChI=1S/C15H15BrN2O3/c1-10(19)12-4-2-3-5-13(12)17-14(20)9-18-8-11(16)6-7-15(18)21/h2-8,10,19H,9H2,1H3,(H,17,20). The molecule has 0 saturated carbocycles. The number of carbonyl (C=O) groups is 1. The molecule has 1 aromatic carbocycles. The van der Waals surface area contributed by atoms with Crippen molar-refractivity contribution < 1.29 is 9.90 Å². The molecule has 2 N–H and O–H groups in total. The first-order valence-electron chi connectivity index (χ1n) is 6.40. The van der Waals surface area contributed by atoms with Crippen LogP contribution in [0.3, 0.4) is 0 Å². The van der Waals surface area contributed by atoms with Gasteiger partial charge in [-0.05, 0) is 35.0 Å². The molecular weight excluding hydrogens is 336 g/mol. The van der Waals surface area contributed by atoms with Gasteiger partial charge in [0.15, 0.2) is 0 Å². The van der Waals surface area contributed by atoms with Gasteiger partial charge in [-0.2, -0.15) is 0 Å². The van der Waals surface area contributed by atoms with Crippen LogP contribution in [0, 0.1) is 0 Å². The lowest BCUT2D eigenvalue weighted by molar-refractivity contribution is -0.116. The Morgan fingerprint density at radius 3 is 2.76 bits per heavy atom. The normalized spacial score (nSPS) is 12.0. The topological polar surface area (TPSA) is 71.3 Å². The Balaban J connectivity index is 2.16. The zero-order valence-electron chi connectivity index (χ0n) is 11.4. The van der Waals surface area contributed by atoms with Crippen LogP contribution in [0.15, 0.2) is 51.9 Å². The van der Waals surface area contributed by atoms with E-state index in [0.717, 1.165) is 4.47 Å². The lowest BCUT2D eigenvalue weighted by Gasteiger charge is -2.13. The van der Waals surface area contributed by atoms with Crippen molar-refractivity contribution >= 4 is 27.5 Å². The molecule has 5 nitrogen and oxygen atoms in total. The molecule has 0 aliphatic carbocycles. The van der Waals surface area contributed by atoms with Crippen LogP contribution in [0.4, 0.5) is 5.69 Å². The van der Waals surface area contributed by atoms with Crippen molar-refractivity contribution in [2.45, 2.75) is 19.6 Å². The summed E-state index contributed by atoms with van der Waals surface area (Å²) in [5, 5.41) is 12.4. The molecule has 0 aliphatic rings. The van der Waals surface area contributed by atoms with E-state index in [0.29, 0.717) is 11.3 Å². The minimum absolute atomic E-state index is 0.0909. The highest BCUT2D eigenvalue weighted by Crippen LogP contribution is 2.22. The quantitative estimate of drug-likeness (QED) is 0.888. The average molecular weight is 351 g/mol. The Kier molecular flexibility index (Phi) is 4.93. The molecule has 0 aliphatic heterocycles. The van der Waals surface area contributed by atoms with Crippen LogP contribution in [0.1, 0.15) is 18.6 Å². The van der Waals surface area contributed by atoms with Crippen LogP contribution < -0.4 is 10.9 Å². The maximum Gasteiger partial charge on any atom is 0.251 e. The second-order valence-corrected chi connectivity index (χ2v) is 5.54. The second-order valence-electron chi connectivity index (χ2n) is 4.62. The number of benzene rings is 1. The maximum atomic E-state index is 12.1. The van der Waals surface area contributed by atoms with E-state index in [1.54, 1.807) is 43.5 Å². The molecule has 0 saturated heterocycles. The first kappa shape index (κ1) is 15.5. The number of nitrogens with zero attached hydrogens (tertiary/aromatic N) is 1. The SMILES string of the molecule is CC(O)c1ccccc1NC(=O)Cn1cc(Br)ccc1=O. The molecule has 0 fully saturated rings. The first-order chi connectivity index (χ1) is 9.97. The molecule has 1 heterocycles. The fourth-order valence-corrected chi connectivity index (χ4v) is 2.32. The van der Waals surface area contributed by atoms with Crippen molar-refractivity contribution in [2.75, 3.05) is 5.32 Å². The number of aromatic nitrogens is 1. The number of carbonyl (C=O) groups excluding carboxylic acids is 1. The van der Waals surface area contributed by atoms with Gasteiger partial charge >= 0.3 is 0 Å². The number of nitrogens with one attached hydrogen (secondary N) is 1. The summed E-state index contributed by atoms with van der Waals surface area (Å²) in [5.41, 5.74) is 0.921. The highest BCUT2D eigenvalue weighted by molar-refractivity contribution is 9.10. The Bertz CT molecular complexity index is 710. The minimum Gasteiger partial charge on any atom is -0.389 e. The summed E-state index contributed by atoms with van der Waals surface area (Å²) in [7, 11) is 0. The molecule has 2 aromatic rings. The monoisotopic (exact) mass is 350 g/mol. The van der Waals surface area contributed by atoms with Crippen molar-refractivity contribution in [3.05, 3.63) is 63.0 Å². The van der Waals surface area contributed by atoms with Crippen molar-refractivity contribution in [3.63, 3.8) is 0 Å².